The van der Waals surface area contributed by atoms with Gasteiger partial charge in [-0.3, -0.25) is 4.79 Å². The predicted molar refractivity (Wildman–Crippen MR) is 90.7 cm³/mol. The maximum absolute atomic E-state index is 12.4. The number of carbonyl (C=O) groups excluding carboxylic acids is 1. The van der Waals surface area contributed by atoms with Gasteiger partial charge >= 0.3 is 0 Å². The first-order valence-electron chi connectivity index (χ1n) is 7.87. The van der Waals surface area contributed by atoms with Crippen molar-refractivity contribution in [3.63, 3.8) is 0 Å². The standard InChI is InChI=1S/C16H24N2O5S/c1-12-10-18(11-13(2)23-12)24(20,21)8-7-17-16(19)14-5-4-6-15(9-14)22-3/h4-6,9,12-13H,7-8,10-11H2,1-3H3,(H,17,19)/t12-,13-/m1/s1. The number of nitrogens with one attached hydrogen (secondary N) is 1. The molecule has 0 bridgehead atoms. The summed E-state index contributed by atoms with van der Waals surface area (Å²) in [5.74, 6) is 0.113. The number of nitrogens with zero attached hydrogens (tertiary/aromatic N) is 1. The Labute approximate surface area is 143 Å². The molecule has 1 aliphatic heterocycles. The summed E-state index contributed by atoms with van der Waals surface area (Å²) in [6.45, 7) is 4.44. The van der Waals surface area contributed by atoms with Crippen LogP contribution in [0.15, 0.2) is 24.3 Å². The minimum Gasteiger partial charge on any atom is -0.497 e. The van der Waals surface area contributed by atoms with Crippen LogP contribution in [-0.4, -0.2) is 63.3 Å². The Morgan fingerprint density at radius 1 is 1.33 bits per heavy atom. The lowest BCUT2D eigenvalue weighted by atomic mass is 10.2. The van der Waals surface area contributed by atoms with Crippen LogP contribution < -0.4 is 10.1 Å². The van der Waals surface area contributed by atoms with Crippen LogP contribution in [0.2, 0.25) is 0 Å². The molecule has 0 radical (unpaired) electrons. The first-order valence-corrected chi connectivity index (χ1v) is 9.48. The topological polar surface area (TPSA) is 84.9 Å². The molecular formula is C16H24N2O5S. The molecule has 1 aliphatic rings. The average molecular weight is 356 g/mol. The van der Waals surface area contributed by atoms with Crippen LogP contribution in [0.3, 0.4) is 0 Å². The second-order valence-electron chi connectivity index (χ2n) is 5.88. The van der Waals surface area contributed by atoms with Crippen LogP contribution in [0.5, 0.6) is 5.75 Å². The Morgan fingerprint density at radius 2 is 2.00 bits per heavy atom. The molecule has 0 spiro atoms. The van der Waals surface area contributed by atoms with Crippen molar-refractivity contribution >= 4 is 15.9 Å². The number of hydrogen-bond acceptors (Lipinski definition) is 5. The molecule has 2 rings (SSSR count). The fourth-order valence-electron chi connectivity index (χ4n) is 2.65. The molecule has 0 saturated carbocycles. The maximum Gasteiger partial charge on any atom is 0.251 e. The second kappa shape index (κ2) is 7.96. The number of rotatable bonds is 6. The molecule has 1 aromatic rings. The number of ether oxygens (including phenoxy) is 2. The average Bonchev–Trinajstić information content (AvgIpc) is 2.53. The van der Waals surface area contributed by atoms with Gasteiger partial charge < -0.3 is 14.8 Å². The van der Waals surface area contributed by atoms with Crippen LogP contribution in [0, 0.1) is 0 Å². The van der Waals surface area contributed by atoms with Gasteiger partial charge in [0.1, 0.15) is 5.75 Å². The highest BCUT2D eigenvalue weighted by molar-refractivity contribution is 7.89. The van der Waals surface area contributed by atoms with E-state index < -0.39 is 10.0 Å². The van der Waals surface area contributed by atoms with Gasteiger partial charge in [-0.15, -0.1) is 0 Å². The second-order valence-corrected chi connectivity index (χ2v) is 7.97. The van der Waals surface area contributed by atoms with E-state index in [0.717, 1.165) is 0 Å². The number of methoxy groups -OCH3 is 1. The van der Waals surface area contributed by atoms with E-state index in [-0.39, 0.29) is 30.4 Å². The number of sulfonamides is 1. The highest BCUT2D eigenvalue weighted by Gasteiger charge is 2.30. The number of morpholine rings is 1. The van der Waals surface area contributed by atoms with E-state index in [2.05, 4.69) is 5.32 Å². The third-order valence-electron chi connectivity index (χ3n) is 3.76. The number of carbonyl (C=O) groups is 1. The molecule has 1 fully saturated rings. The maximum atomic E-state index is 12.4. The lowest BCUT2D eigenvalue weighted by molar-refractivity contribution is -0.0440. The van der Waals surface area contributed by atoms with Gasteiger partial charge in [0.25, 0.3) is 5.91 Å². The summed E-state index contributed by atoms with van der Waals surface area (Å²) in [6, 6.07) is 6.70. The van der Waals surface area contributed by atoms with E-state index in [1.54, 1.807) is 24.3 Å². The molecule has 24 heavy (non-hydrogen) atoms. The summed E-state index contributed by atoms with van der Waals surface area (Å²) in [5, 5.41) is 2.64. The molecule has 134 valence electrons. The van der Waals surface area contributed by atoms with Crippen LogP contribution in [0.1, 0.15) is 24.2 Å². The smallest absolute Gasteiger partial charge is 0.251 e. The molecular weight excluding hydrogens is 332 g/mol. The molecule has 1 saturated heterocycles. The van der Waals surface area contributed by atoms with Crippen molar-refractivity contribution < 1.29 is 22.7 Å². The summed E-state index contributed by atoms with van der Waals surface area (Å²) in [4.78, 5) is 12.1. The molecule has 0 aliphatic carbocycles. The number of benzene rings is 1. The largest absolute Gasteiger partial charge is 0.497 e. The van der Waals surface area contributed by atoms with Crippen LogP contribution >= 0.6 is 0 Å². The van der Waals surface area contributed by atoms with Crippen molar-refractivity contribution in [2.45, 2.75) is 26.1 Å². The van der Waals surface area contributed by atoms with Gasteiger partial charge in [-0.25, -0.2) is 8.42 Å². The fourth-order valence-corrected chi connectivity index (χ4v) is 4.14. The first-order chi connectivity index (χ1) is 11.3. The van der Waals surface area contributed by atoms with Gasteiger partial charge in [-0.2, -0.15) is 4.31 Å². The molecule has 2 atom stereocenters. The summed E-state index contributed by atoms with van der Waals surface area (Å²) in [5.41, 5.74) is 0.431. The summed E-state index contributed by atoms with van der Waals surface area (Å²) in [7, 11) is -1.90. The van der Waals surface area contributed by atoms with Gasteiger partial charge in [0.05, 0.1) is 25.1 Å². The van der Waals surface area contributed by atoms with Crippen LogP contribution in [0.4, 0.5) is 0 Å². The molecule has 1 heterocycles. The van der Waals surface area contributed by atoms with E-state index in [4.69, 9.17) is 9.47 Å². The van der Waals surface area contributed by atoms with E-state index in [9.17, 15) is 13.2 Å². The molecule has 7 nitrogen and oxygen atoms in total. The van der Waals surface area contributed by atoms with Crippen molar-refractivity contribution in [3.8, 4) is 5.75 Å². The van der Waals surface area contributed by atoms with Gasteiger partial charge in [-0.1, -0.05) is 6.07 Å². The Bertz CT molecular complexity index is 667. The zero-order chi connectivity index (χ0) is 17.7. The highest BCUT2D eigenvalue weighted by Crippen LogP contribution is 2.15. The molecule has 0 unspecified atom stereocenters. The van der Waals surface area contributed by atoms with Crippen molar-refractivity contribution in [2.75, 3.05) is 32.5 Å². The number of amides is 1. The van der Waals surface area contributed by atoms with Gasteiger partial charge in [0, 0.05) is 25.2 Å². The van der Waals surface area contributed by atoms with Crippen LogP contribution in [-0.2, 0) is 14.8 Å². The van der Waals surface area contributed by atoms with E-state index in [1.165, 1.54) is 11.4 Å². The summed E-state index contributed by atoms with van der Waals surface area (Å²) < 4.78 is 36.8. The summed E-state index contributed by atoms with van der Waals surface area (Å²) in [6.07, 6.45) is -0.259. The van der Waals surface area contributed by atoms with E-state index in [0.29, 0.717) is 24.4 Å². The van der Waals surface area contributed by atoms with Gasteiger partial charge in [0.15, 0.2) is 0 Å². The minimum atomic E-state index is -3.43. The highest BCUT2D eigenvalue weighted by atomic mass is 32.2. The van der Waals surface area contributed by atoms with E-state index >= 15 is 0 Å². The van der Waals surface area contributed by atoms with Gasteiger partial charge in [0.2, 0.25) is 10.0 Å². The third-order valence-corrected chi connectivity index (χ3v) is 5.56. The van der Waals surface area contributed by atoms with Crippen molar-refractivity contribution in [1.82, 2.24) is 9.62 Å². The number of hydrogen-bond donors (Lipinski definition) is 1. The zero-order valence-electron chi connectivity index (χ0n) is 14.2. The van der Waals surface area contributed by atoms with Crippen molar-refractivity contribution in [2.24, 2.45) is 0 Å². The first kappa shape index (κ1) is 18.7. The zero-order valence-corrected chi connectivity index (χ0v) is 15.0. The van der Waals surface area contributed by atoms with Crippen LogP contribution in [0.25, 0.3) is 0 Å². The minimum absolute atomic E-state index is 0.0541. The van der Waals surface area contributed by atoms with Gasteiger partial charge in [-0.05, 0) is 32.0 Å². The Balaban J connectivity index is 1.89. The summed E-state index contributed by atoms with van der Waals surface area (Å²) >= 11 is 0. The molecule has 1 N–H and O–H groups in total. The molecule has 0 aromatic heterocycles. The molecule has 1 aromatic carbocycles. The quantitative estimate of drug-likeness (QED) is 0.817. The Kier molecular flexibility index (Phi) is 6.20. The lowest BCUT2D eigenvalue weighted by Gasteiger charge is -2.34. The third kappa shape index (κ3) is 4.93. The Morgan fingerprint density at radius 3 is 2.62 bits per heavy atom. The van der Waals surface area contributed by atoms with Crippen molar-refractivity contribution in [3.05, 3.63) is 29.8 Å². The normalized spacial score (nSPS) is 22.1. The predicted octanol–water partition coefficient (Wildman–Crippen LogP) is 0.864. The van der Waals surface area contributed by atoms with Crippen molar-refractivity contribution in [1.29, 1.82) is 0 Å². The molecule has 1 amide bonds. The monoisotopic (exact) mass is 356 g/mol. The SMILES string of the molecule is COc1cccc(C(=O)NCCS(=O)(=O)N2C[C@@H](C)O[C@H](C)C2)c1. The fraction of sp³-hybridized carbons (Fsp3) is 0.562. The Hall–Kier alpha value is -1.64. The lowest BCUT2D eigenvalue weighted by Crippen LogP contribution is -2.49. The van der Waals surface area contributed by atoms with E-state index in [1.807, 2.05) is 13.8 Å². The molecule has 8 heteroatoms.